The first-order chi connectivity index (χ1) is 14.1. The van der Waals surface area contributed by atoms with Gasteiger partial charge in [-0.05, 0) is 67.7 Å². The second-order valence-corrected chi connectivity index (χ2v) is 7.26. The van der Waals surface area contributed by atoms with Crippen molar-refractivity contribution < 1.29 is 9.59 Å². The molecule has 6 heteroatoms. The molecule has 1 aliphatic rings. The number of carbonyl (C=O) groups excluding carboxylic acids is 2. The molecule has 2 aromatic carbocycles. The van der Waals surface area contributed by atoms with Gasteiger partial charge in [0.05, 0.1) is 0 Å². The summed E-state index contributed by atoms with van der Waals surface area (Å²) < 4.78 is 1.98. The molecule has 1 N–H and O–H groups in total. The molecule has 1 saturated heterocycles. The number of hydrogen-bond donors (Lipinski definition) is 1. The van der Waals surface area contributed by atoms with Gasteiger partial charge in [-0.25, -0.2) is 0 Å². The minimum Gasteiger partial charge on any atom is -0.336 e. The van der Waals surface area contributed by atoms with Crippen LogP contribution in [0.4, 0.5) is 5.69 Å². The van der Waals surface area contributed by atoms with Crippen molar-refractivity contribution in [2.45, 2.75) is 0 Å². The zero-order valence-electron chi connectivity index (χ0n) is 16.4. The highest BCUT2D eigenvalue weighted by Crippen LogP contribution is 2.15. The number of likely N-dealkylation sites (N-methyl/N-ethyl adjacent to an activating group) is 1. The molecule has 29 heavy (non-hydrogen) atoms. The molecule has 6 nitrogen and oxygen atoms in total. The van der Waals surface area contributed by atoms with E-state index in [0.717, 1.165) is 31.9 Å². The molecule has 0 atom stereocenters. The number of carbonyl (C=O) groups is 2. The van der Waals surface area contributed by atoms with Crippen LogP contribution < -0.4 is 5.32 Å². The Labute approximate surface area is 170 Å². The summed E-state index contributed by atoms with van der Waals surface area (Å²) in [6, 6.07) is 18.4. The third-order valence-electron chi connectivity index (χ3n) is 5.21. The van der Waals surface area contributed by atoms with Crippen LogP contribution in [-0.2, 0) is 0 Å². The first-order valence-corrected chi connectivity index (χ1v) is 9.73. The fraction of sp³-hybridized carbons (Fsp3) is 0.217. The molecule has 2 amide bonds. The fourth-order valence-electron chi connectivity index (χ4n) is 3.38. The number of nitrogens with one attached hydrogen (secondary N) is 1. The quantitative estimate of drug-likeness (QED) is 0.747. The standard InChI is InChI=1S/C23H24N4O2/c1-25-14-16-27(17-15-25)23(29)19-4-8-20(9-5-19)24-22(28)18-6-10-21(11-7-18)26-12-2-3-13-26/h2-13H,14-17H2,1H3,(H,24,28). The molecule has 0 bridgehead atoms. The number of nitrogens with zero attached hydrogens (tertiary/aromatic N) is 3. The van der Waals surface area contributed by atoms with Crippen molar-refractivity contribution >= 4 is 17.5 Å². The van der Waals surface area contributed by atoms with Gasteiger partial charge in [0.2, 0.25) is 0 Å². The molecule has 1 fully saturated rings. The van der Waals surface area contributed by atoms with Crippen LogP contribution in [0.5, 0.6) is 0 Å². The van der Waals surface area contributed by atoms with Crippen LogP contribution in [0.1, 0.15) is 20.7 Å². The van der Waals surface area contributed by atoms with E-state index in [4.69, 9.17) is 0 Å². The van der Waals surface area contributed by atoms with Crippen LogP contribution in [-0.4, -0.2) is 59.4 Å². The molecule has 0 radical (unpaired) electrons. The molecular weight excluding hydrogens is 364 g/mol. The van der Waals surface area contributed by atoms with E-state index >= 15 is 0 Å². The highest BCUT2D eigenvalue weighted by atomic mass is 16.2. The van der Waals surface area contributed by atoms with Gasteiger partial charge in [-0.3, -0.25) is 9.59 Å². The largest absolute Gasteiger partial charge is 0.336 e. The highest BCUT2D eigenvalue weighted by Gasteiger charge is 2.20. The smallest absolute Gasteiger partial charge is 0.255 e. The lowest BCUT2D eigenvalue weighted by atomic mass is 10.1. The summed E-state index contributed by atoms with van der Waals surface area (Å²) in [4.78, 5) is 29.2. The van der Waals surface area contributed by atoms with Crippen LogP contribution >= 0.6 is 0 Å². The van der Waals surface area contributed by atoms with Gasteiger partial charge in [-0.15, -0.1) is 0 Å². The Kier molecular flexibility index (Phi) is 5.44. The van der Waals surface area contributed by atoms with E-state index < -0.39 is 0 Å². The average molecular weight is 388 g/mol. The highest BCUT2D eigenvalue weighted by molar-refractivity contribution is 6.04. The molecule has 0 spiro atoms. The van der Waals surface area contributed by atoms with Gasteiger partial charge in [-0.1, -0.05) is 0 Å². The van der Waals surface area contributed by atoms with Crippen LogP contribution in [0.15, 0.2) is 73.1 Å². The maximum Gasteiger partial charge on any atom is 0.255 e. The molecule has 2 heterocycles. The first-order valence-electron chi connectivity index (χ1n) is 9.73. The topological polar surface area (TPSA) is 57.6 Å². The minimum atomic E-state index is -0.179. The van der Waals surface area contributed by atoms with E-state index in [1.165, 1.54) is 0 Å². The van der Waals surface area contributed by atoms with Gasteiger partial charge in [-0.2, -0.15) is 0 Å². The van der Waals surface area contributed by atoms with Gasteiger partial charge in [0.25, 0.3) is 11.8 Å². The zero-order valence-corrected chi connectivity index (χ0v) is 16.4. The Hall–Kier alpha value is -3.38. The summed E-state index contributed by atoms with van der Waals surface area (Å²) in [6.45, 7) is 3.27. The molecule has 0 saturated carbocycles. The van der Waals surface area contributed by atoms with Gasteiger partial charge in [0, 0.05) is 61.1 Å². The van der Waals surface area contributed by atoms with Gasteiger partial charge >= 0.3 is 0 Å². The van der Waals surface area contributed by atoms with Crippen LogP contribution in [0.25, 0.3) is 5.69 Å². The van der Waals surface area contributed by atoms with Gasteiger partial charge in [0.1, 0.15) is 0 Å². The fourth-order valence-corrected chi connectivity index (χ4v) is 3.38. The average Bonchev–Trinajstić information content (AvgIpc) is 3.29. The summed E-state index contributed by atoms with van der Waals surface area (Å²) in [7, 11) is 2.06. The number of anilines is 1. The minimum absolute atomic E-state index is 0.0385. The Morgan fingerprint density at radius 3 is 2.00 bits per heavy atom. The molecular formula is C23H24N4O2. The molecule has 3 aromatic rings. The van der Waals surface area contributed by atoms with Crippen molar-refractivity contribution in [2.75, 3.05) is 38.5 Å². The van der Waals surface area contributed by atoms with Crippen LogP contribution in [0.2, 0.25) is 0 Å². The maximum absolute atomic E-state index is 12.6. The lowest BCUT2D eigenvalue weighted by Crippen LogP contribution is -2.47. The van der Waals surface area contributed by atoms with E-state index in [1.54, 1.807) is 36.4 Å². The van der Waals surface area contributed by atoms with Crippen molar-refractivity contribution in [3.8, 4) is 5.69 Å². The third kappa shape index (κ3) is 4.38. The summed E-state index contributed by atoms with van der Waals surface area (Å²) in [5, 5.41) is 2.89. The Bertz CT molecular complexity index is 971. The van der Waals surface area contributed by atoms with E-state index in [1.807, 2.05) is 46.1 Å². The third-order valence-corrected chi connectivity index (χ3v) is 5.21. The zero-order chi connectivity index (χ0) is 20.2. The number of piperazine rings is 1. The van der Waals surface area contributed by atoms with E-state index in [9.17, 15) is 9.59 Å². The second-order valence-electron chi connectivity index (χ2n) is 7.26. The number of hydrogen-bond acceptors (Lipinski definition) is 3. The molecule has 1 aliphatic heterocycles. The maximum atomic E-state index is 12.6. The Balaban J connectivity index is 1.38. The predicted octanol–water partition coefficient (Wildman–Crippen LogP) is 3.12. The number of amides is 2. The molecule has 4 rings (SSSR count). The van der Waals surface area contributed by atoms with Crippen LogP contribution in [0, 0.1) is 0 Å². The van der Waals surface area contributed by atoms with Gasteiger partial charge in [0.15, 0.2) is 0 Å². The lowest BCUT2D eigenvalue weighted by molar-refractivity contribution is 0.0664. The van der Waals surface area contributed by atoms with E-state index in [0.29, 0.717) is 16.8 Å². The number of aromatic nitrogens is 1. The predicted molar refractivity (Wildman–Crippen MR) is 114 cm³/mol. The number of rotatable bonds is 4. The molecule has 0 aliphatic carbocycles. The number of benzene rings is 2. The lowest BCUT2D eigenvalue weighted by Gasteiger charge is -2.32. The molecule has 148 valence electrons. The summed E-state index contributed by atoms with van der Waals surface area (Å²) in [5.41, 5.74) is 2.89. The summed E-state index contributed by atoms with van der Waals surface area (Å²) in [6.07, 6.45) is 3.92. The van der Waals surface area contributed by atoms with Crippen molar-refractivity contribution in [1.82, 2.24) is 14.4 Å². The summed E-state index contributed by atoms with van der Waals surface area (Å²) >= 11 is 0. The van der Waals surface area contributed by atoms with E-state index in [2.05, 4.69) is 17.3 Å². The second kappa shape index (κ2) is 8.32. The first kappa shape index (κ1) is 19.0. The SMILES string of the molecule is CN1CCN(C(=O)c2ccc(NC(=O)c3ccc(-n4cccc4)cc3)cc2)CC1. The Morgan fingerprint density at radius 2 is 1.38 bits per heavy atom. The Morgan fingerprint density at radius 1 is 0.793 bits per heavy atom. The van der Waals surface area contributed by atoms with Crippen molar-refractivity contribution in [3.63, 3.8) is 0 Å². The monoisotopic (exact) mass is 388 g/mol. The molecule has 0 unspecified atom stereocenters. The van der Waals surface area contributed by atoms with Gasteiger partial charge < -0.3 is 19.7 Å². The van der Waals surface area contributed by atoms with Crippen molar-refractivity contribution in [2.24, 2.45) is 0 Å². The van der Waals surface area contributed by atoms with E-state index in [-0.39, 0.29) is 11.8 Å². The van der Waals surface area contributed by atoms with Crippen LogP contribution in [0.3, 0.4) is 0 Å². The molecule has 1 aromatic heterocycles. The summed E-state index contributed by atoms with van der Waals surface area (Å²) in [5.74, 6) is -0.140. The van der Waals surface area contributed by atoms with Crippen molar-refractivity contribution in [1.29, 1.82) is 0 Å². The van der Waals surface area contributed by atoms with Crippen molar-refractivity contribution in [3.05, 3.63) is 84.2 Å². The normalized spacial score (nSPS) is 14.6.